The zero-order chi connectivity index (χ0) is 32.6. The number of aliphatic hydroxyl groups is 1. The number of ether oxygens (including phenoxy) is 2. The van der Waals surface area contributed by atoms with Crippen LogP contribution in [-0.2, 0) is 19.1 Å². The molecule has 0 saturated carbocycles. The van der Waals surface area contributed by atoms with E-state index < -0.39 is 0 Å². The third kappa shape index (κ3) is 42.5. The van der Waals surface area contributed by atoms with Gasteiger partial charge in [-0.3, -0.25) is 9.59 Å². The van der Waals surface area contributed by atoms with Gasteiger partial charge >= 0.3 is 11.9 Å². The average Bonchev–Trinajstić information content (AvgIpc) is 3.03. The molecule has 0 unspecified atom stereocenters. The Morgan fingerprint density at radius 3 is 1.00 bits per heavy atom. The Morgan fingerprint density at radius 1 is 0.500 bits per heavy atom. The first-order valence-corrected chi connectivity index (χ1v) is 18.6. The molecule has 0 spiro atoms. The first-order valence-electron chi connectivity index (χ1n) is 18.6. The van der Waals surface area contributed by atoms with E-state index in [9.17, 15) is 9.59 Å². The zero-order valence-electron chi connectivity index (χ0n) is 29.2. The Kier molecular flexibility index (Phi) is 41.8. The molecule has 0 fully saturated rings. The minimum absolute atomic E-state index is 0.0500. The number of unbranched alkanes of at least 4 members (excludes halogenated alkanes) is 24. The summed E-state index contributed by atoms with van der Waals surface area (Å²) in [6.07, 6.45) is 40.8. The maximum absolute atomic E-state index is 11.8. The van der Waals surface area contributed by atoms with Crippen molar-refractivity contribution in [2.45, 2.75) is 194 Å². The van der Waals surface area contributed by atoms with Crippen molar-refractivity contribution in [3.63, 3.8) is 0 Å². The summed E-state index contributed by atoms with van der Waals surface area (Å²) in [6, 6.07) is 0. The van der Waals surface area contributed by atoms with E-state index in [0.29, 0.717) is 6.54 Å². The van der Waals surface area contributed by atoms with E-state index in [1.807, 2.05) is 12.2 Å². The van der Waals surface area contributed by atoms with Crippen LogP contribution < -0.4 is 5.73 Å². The molecule has 0 aromatic carbocycles. The van der Waals surface area contributed by atoms with E-state index in [4.69, 9.17) is 20.3 Å². The molecule has 6 nitrogen and oxygen atoms in total. The van der Waals surface area contributed by atoms with Crippen molar-refractivity contribution in [3.8, 4) is 0 Å². The predicted molar refractivity (Wildman–Crippen MR) is 187 cm³/mol. The fourth-order valence-corrected chi connectivity index (χ4v) is 4.91. The number of carbonyl (C=O) groups excluding carboxylic acids is 2. The van der Waals surface area contributed by atoms with Crippen LogP contribution in [0.15, 0.2) is 24.7 Å². The van der Waals surface area contributed by atoms with Crippen molar-refractivity contribution in [1.82, 2.24) is 0 Å². The summed E-state index contributed by atoms with van der Waals surface area (Å²) < 4.78 is 10.2. The highest BCUT2D eigenvalue weighted by molar-refractivity contribution is 5.78. The zero-order valence-corrected chi connectivity index (χ0v) is 29.2. The molecule has 0 aromatic heterocycles. The molecule has 0 aromatic rings. The summed E-state index contributed by atoms with van der Waals surface area (Å²) >= 11 is 0. The molecule has 0 radical (unpaired) electrons. The Bertz CT molecular complexity index is 581. The molecule has 0 saturated heterocycles. The number of hydrogen-bond donors (Lipinski definition) is 2. The van der Waals surface area contributed by atoms with Gasteiger partial charge in [0.15, 0.2) is 0 Å². The average molecular weight is 624 g/mol. The lowest BCUT2D eigenvalue weighted by molar-refractivity contribution is -0.144. The third-order valence-electron chi connectivity index (χ3n) is 7.70. The van der Waals surface area contributed by atoms with E-state index in [1.165, 1.54) is 154 Å². The second-order valence-electron chi connectivity index (χ2n) is 12.1. The number of aliphatic hydroxyl groups excluding tert-OH is 1. The van der Waals surface area contributed by atoms with Crippen molar-refractivity contribution in [2.24, 2.45) is 5.73 Å². The van der Waals surface area contributed by atoms with Crippen LogP contribution in [0.5, 0.6) is 0 Å². The lowest BCUT2D eigenvalue weighted by atomic mass is 10.0. The largest absolute Gasteiger partial charge is 0.435 e. The molecule has 0 amide bonds. The van der Waals surface area contributed by atoms with Crippen molar-refractivity contribution in [3.05, 3.63) is 24.7 Å². The molecule has 0 aliphatic rings. The van der Waals surface area contributed by atoms with Gasteiger partial charge in [0, 0.05) is 6.54 Å². The molecule has 6 heteroatoms. The van der Waals surface area contributed by atoms with Crippen LogP contribution in [-0.4, -0.2) is 30.2 Å². The normalized spacial score (nSPS) is 11.2. The quantitative estimate of drug-likeness (QED) is 0.0439. The molecular formula is C38H73NO5. The Labute approximate surface area is 273 Å². The maximum atomic E-state index is 11.8. The molecule has 3 N–H and O–H groups in total. The van der Waals surface area contributed by atoms with Gasteiger partial charge in [-0.2, -0.15) is 0 Å². The molecular weight excluding hydrogens is 550 g/mol. The number of hydrogen-bond acceptors (Lipinski definition) is 6. The molecule has 0 aliphatic carbocycles. The van der Waals surface area contributed by atoms with Gasteiger partial charge in [-0.15, -0.1) is 0 Å². The second-order valence-corrected chi connectivity index (χ2v) is 12.1. The van der Waals surface area contributed by atoms with E-state index >= 15 is 0 Å². The fourth-order valence-electron chi connectivity index (χ4n) is 4.91. The Morgan fingerprint density at radius 2 is 0.750 bits per heavy atom. The van der Waals surface area contributed by atoms with E-state index in [0.717, 1.165) is 25.7 Å². The van der Waals surface area contributed by atoms with E-state index in [-0.39, 0.29) is 31.4 Å². The van der Waals surface area contributed by atoms with Crippen LogP contribution in [0, 0.1) is 0 Å². The Hall–Kier alpha value is -1.66. The standard InChI is InChI=1S/C36H66O4.C2H7NO/c1-3-5-7-9-11-13-15-17-19-21-23-25-27-29-33-39-35(37)31-32-36(38)40-34-30-28-26-24-22-20-18-16-14-12-10-8-6-4-2;3-1-2-4/h29-30,33-34H,3-28,31-32H2,1-2H3;4H,1-3H2. The van der Waals surface area contributed by atoms with Crippen molar-refractivity contribution >= 4 is 11.9 Å². The highest BCUT2D eigenvalue weighted by atomic mass is 16.5. The summed E-state index contributed by atoms with van der Waals surface area (Å²) in [4.78, 5) is 23.6. The third-order valence-corrected chi connectivity index (χ3v) is 7.70. The topological polar surface area (TPSA) is 98.9 Å². The van der Waals surface area contributed by atoms with Crippen LogP contribution in [0.2, 0.25) is 0 Å². The molecule has 0 aliphatic heterocycles. The van der Waals surface area contributed by atoms with Crippen molar-refractivity contribution in [1.29, 1.82) is 0 Å². The van der Waals surface area contributed by atoms with Crippen LogP contribution >= 0.6 is 0 Å². The molecule has 0 atom stereocenters. The van der Waals surface area contributed by atoms with Crippen LogP contribution in [0.3, 0.4) is 0 Å². The van der Waals surface area contributed by atoms with Crippen molar-refractivity contribution < 1.29 is 24.2 Å². The fraction of sp³-hybridized carbons (Fsp3) is 0.842. The van der Waals surface area contributed by atoms with Crippen LogP contribution in [0.25, 0.3) is 0 Å². The molecule has 0 rings (SSSR count). The van der Waals surface area contributed by atoms with Crippen LogP contribution in [0.1, 0.15) is 194 Å². The minimum Gasteiger partial charge on any atom is -0.435 e. The van der Waals surface area contributed by atoms with Gasteiger partial charge < -0.3 is 20.3 Å². The summed E-state index contributed by atoms with van der Waals surface area (Å²) in [6.45, 7) is 5.01. The molecule has 0 bridgehead atoms. The summed E-state index contributed by atoms with van der Waals surface area (Å²) in [5.41, 5.74) is 4.78. The number of nitrogens with two attached hydrogens (primary N) is 1. The minimum atomic E-state index is -0.386. The first kappa shape index (κ1) is 44.5. The molecule has 260 valence electrons. The number of esters is 2. The summed E-state index contributed by atoms with van der Waals surface area (Å²) in [7, 11) is 0. The lowest BCUT2D eigenvalue weighted by Gasteiger charge is -2.02. The van der Waals surface area contributed by atoms with Gasteiger partial charge in [0.05, 0.1) is 32.0 Å². The van der Waals surface area contributed by atoms with Gasteiger partial charge in [-0.1, -0.05) is 155 Å². The Balaban J connectivity index is 0. The molecule has 0 heterocycles. The van der Waals surface area contributed by atoms with Gasteiger partial charge in [-0.05, 0) is 37.8 Å². The second kappa shape index (κ2) is 41.3. The number of allylic oxidation sites excluding steroid dienone is 2. The number of rotatable bonds is 32. The first-order chi connectivity index (χ1) is 21.6. The predicted octanol–water partition coefficient (Wildman–Crippen LogP) is 11.0. The maximum Gasteiger partial charge on any atom is 0.311 e. The van der Waals surface area contributed by atoms with E-state index in [1.54, 1.807) is 0 Å². The van der Waals surface area contributed by atoms with E-state index in [2.05, 4.69) is 13.8 Å². The highest BCUT2D eigenvalue weighted by Gasteiger charge is 2.07. The van der Waals surface area contributed by atoms with Gasteiger partial charge in [0.25, 0.3) is 0 Å². The van der Waals surface area contributed by atoms with Crippen LogP contribution in [0.4, 0.5) is 0 Å². The highest BCUT2D eigenvalue weighted by Crippen LogP contribution is 2.14. The summed E-state index contributed by atoms with van der Waals surface area (Å²) in [5.74, 6) is -0.772. The molecule has 44 heavy (non-hydrogen) atoms. The summed E-state index contributed by atoms with van der Waals surface area (Å²) in [5, 5.41) is 7.75. The smallest absolute Gasteiger partial charge is 0.311 e. The number of carbonyl (C=O) groups is 2. The van der Waals surface area contributed by atoms with Crippen molar-refractivity contribution in [2.75, 3.05) is 13.2 Å². The van der Waals surface area contributed by atoms with Gasteiger partial charge in [0.1, 0.15) is 0 Å². The lowest BCUT2D eigenvalue weighted by Crippen LogP contribution is -2.06. The van der Waals surface area contributed by atoms with Gasteiger partial charge in [0.2, 0.25) is 0 Å². The van der Waals surface area contributed by atoms with Gasteiger partial charge in [-0.25, -0.2) is 0 Å². The SMILES string of the molecule is CCCCCCCCCCCCCCC=COC(=O)CCC(=O)OC=CCCCCCCCCCCCCCC.NCCO. The monoisotopic (exact) mass is 624 g/mol.